The van der Waals surface area contributed by atoms with Gasteiger partial charge in [0, 0.05) is 6.42 Å². The summed E-state index contributed by atoms with van der Waals surface area (Å²) in [6.45, 7) is 6.36. The Morgan fingerprint density at radius 1 is 0.448 bits per heavy atom. The molecule has 3 N–H and O–H groups in total. The summed E-state index contributed by atoms with van der Waals surface area (Å²) in [5, 5.41) is 23.9. The molecular weight excluding hydrogens is 827 g/mol. The van der Waals surface area contributed by atoms with Gasteiger partial charge in [-0.25, -0.2) is 0 Å². The highest BCUT2D eigenvalue weighted by Gasteiger charge is 2.24. The summed E-state index contributed by atoms with van der Waals surface area (Å²) in [4.78, 5) is 26.3. The second-order valence-corrected chi connectivity index (χ2v) is 19.5. The van der Waals surface area contributed by atoms with Crippen LogP contribution in [0.2, 0.25) is 0 Å². The SMILES string of the molecule is CC\C=C/C=C/C=C/C=C\C=C\C=C\CCCCCC(=O)OC(CCCCCCCCCCCCCCCC)CC(=O)NC(CO)C(O)CCCCCCCCCCCCCCCCCCC. The molecule has 0 saturated carbocycles. The molecule has 0 aliphatic carbocycles. The van der Waals surface area contributed by atoms with Gasteiger partial charge >= 0.3 is 5.97 Å². The zero-order valence-electron chi connectivity index (χ0n) is 44.3. The number of carbonyl (C=O) groups excluding carboxylic acids is 2. The first kappa shape index (κ1) is 64.3. The van der Waals surface area contributed by atoms with Gasteiger partial charge in [-0.15, -0.1) is 0 Å². The summed E-state index contributed by atoms with van der Waals surface area (Å²) in [6, 6.07) is -0.713. The van der Waals surface area contributed by atoms with Crippen molar-refractivity contribution in [1.82, 2.24) is 5.32 Å². The number of unbranched alkanes of at least 4 members (excludes halogenated alkanes) is 32. The summed E-state index contributed by atoms with van der Waals surface area (Å²) in [7, 11) is 0. The summed E-state index contributed by atoms with van der Waals surface area (Å²) in [5.74, 6) is -0.517. The molecule has 0 aromatic rings. The lowest BCUT2D eigenvalue weighted by atomic mass is 10.0. The number of amides is 1. The van der Waals surface area contributed by atoms with Crippen LogP contribution in [-0.4, -0.2) is 46.9 Å². The van der Waals surface area contributed by atoms with Crippen molar-refractivity contribution in [1.29, 1.82) is 0 Å². The summed E-state index contributed by atoms with van der Waals surface area (Å²) in [6.07, 6.45) is 69.6. The fourth-order valence-corrected chi connectivity index (χ4v) is 8.64. The van der Waals surface area contributed by atoms with Gasteiger partial charge in [0.1, 0.15) is 6.10 Å². The number of hydrogen-bond acceptors (Lipinski definition) is 5. The van der Waals surface area contributed by atoms with Gasteiger partial charge in [0.15, 0.2) is 0 Å². The Kier molecular flexibility index (Phi) is 52.1. The Balaban J connectivity index is 4.60. The van der Waals surface area contributed by atoms with E-state index in [1.54, 1.807) is 0 Å². The van der Waals surface area contributed by atoms with E-state index in [-0.39, 0.29) is 24.9 Å². The quantitative estimate of drug-likeness (QED) is 0.0321. The fourth-order valence-electron chi connectivity index (χ4n) is 8.64. The number of aliphatic hydroxyl groups excluding tert-OH is 2. The molecule has 0 spiro atoms. The third-order valence-electron chi connectivity index (χ3n) is 13.0. The smallest absolute Gasteiger partial charge is 0.306 e. The van der Waals surface area contributed by atoms with Crippen LogP contribution in [0.4, 0.5) is 0 Å². The maximum absolute atomic E-state index is 13.3. The van der Waals surface area contributed by atoms with Crippen LogP contribution in [0.15, 0.2) is 72.9 Å². The molecular formula is C61H109NO5. The molecule has 67 heavy (non-hydrogen) atoms. The van der Waals surface area contributed by atoms with Crippen molar-refractivity contribution in [2.45, 2.75) is 296 Å². The van der Waals surface area contributed by atoms with E-state index in [0.29, 0.717) is 19.3 Å². The molecule has 0 heterocycles. The van der Waals surface area contributed by atoms with Crippen molar-refractivity contribution in [3.8, 4) is 0 Å². The third kappa shape index (κ3) is 49.5. The molecule has 1 amide bonds. The van der Waals surface area contributed by atoms with E-state index in [9.17, 15) is 19.8 Å². The molecule has 6 nitrogen and oxygen atoms in total. The minimum absolute atomic E-state index is 0.0595. The molecule has 6 heteroatoms. The number of rotatable bonds is 51. The lowest BCUT2D eigenvalue weighted by molar-refractivity contribution is -0.151. The second kappa shape index (κ2) is 54.2. The topological polar surface area (TPSA) is 95.9 Å². The molecule has 3 unspecified atom stereocenters. The van der Waals surface area contributed by atoms with Crippen molar-refractivity contribution in [2.75, 3.05) is 6.61 Å². The Labute approximate surface area is 415 Å². The molecule has 0 aromatic heterocycles. The van der Waals surface area contributed by atoms with Crippen LogP contribution in [0.3, 0.4) is 0 Å². The number of aliphatic hydroxyl groups is 2. The second-order valence-electron chi connectivity index (χ2n) is 19.5. The maximum Gasteiger partial charge on any atom is 0.306 e. The highest BCUT2D eigenvalue weighted by atomic mass is 16.5. The lowest BCUT2D eigenvalue weighted by Crippen LogP contribution is -2.46. The first-order valence-corrected chi connectivity index (χ1v) is 28.7. The van der Waals surface area contributed by atoms with Crippen molar-refractivity contribution in [3.63, 3.8) is 0 Å². The normalized spacial score (nSPS) is 13.7. The molecule has 0 aromatic carbocycles. The molecule has 388 valence electrons. The van der Waals surface area contributed by atoms with Crippen molar-refractivity contribution in [3.05, 3.63) is 72.9 Å². The van der Waals surface area contributed by atoms with Crippen molar-refractivity contribution < 1.29 is 24.5 Å². The standard InChI is InChI=1S/C61H109NO5/c1-4-7-10-13-16-19-22-25-28-30-32-35-38-41-44-47-50-53-59(64)58(56-63)62-60(65)55-57(52-49-46-43-40-37-34-27-24-21-18-15-12-9-6-3)67-61(66)54-51-48-45-42-39-36-33-31-29-26-23-20-17-14-11-8-5-2/h8,11,14,17,20,23,26,29,31,33,36,39,57-59,63-64H,4-7,9-10,12-13,15-16,18-19,21-22,24-25,27-28,30,32,34-35,37-38,40-56H2,1-3H3,(H,62,65)/b11-8-,17-14+,23-20+,29-26-,33-31+,39-36+. The van der Waals surface area contributed by atoms with Crippen LogP contribution < -0.4 is 5.32 Å². The highest BCUT2D eigenvalue weighted by Crippen LogP contribution is 2.19. The van der Waals surface area contributed by atoms with E-state index in [4.69, 9.17) is 4.74 Å². The first-order chi connectivity index (χ1) is 33.0. The Morgan fingerprint density at radius 2 is 0.806 bits per heavy atom. The van der Waals surface area contributed by atoms with Gasteiger partial charge in [0.05, 0.1) is 25.2 Å². The predicted octanol–water partition coefficient (Wildman–Crippen LogP) is 17.7. The number of hydrogen-bond donors (Lipinski definition) is 3. The summed E-state index contributed by atoms with van der Waals surface area (Å²) >= 11 is 0. The fraction of sp³-hybridized carbons (Fsp3) is 0.770. The Bertz CT molecular complexity index is 1230. The Morgan fingerprint density at radius 3 is 1.21 bits per heavy atom. The van der Waals surface area contributed by atoms with Crippen LogP contribution >= 0.6 is 0 Å². The van der Waals surface area contributed by atoms with Crippen LogP contribution in [0.1, 0.15) is 278 Å². The maximum atomic E-state index is 13.3. The van der Waals surface area contributed by atoms with Gasteiger partial charge in [0.25, 0.3) is 0 Å². The number of allylic oxidation sites excluding steroid dienone is 12. The van der Waals surface area contributed by atoms with E-state index in [1.165, 1.54) is 161 Å². The van der Waals surface area contributed by atoms with Crippen molar-refractivity contribution >= 4 is 11.9 Å². The zero-order chi connectivity index (χ0) is 48.8. The first-order valence-electron chi connectivity index (χ1n) is 28.7. The molecule has 0 fully saturated rings. The van der Waals surface area contributed by atoms with Crippen LogP contribution in [0.5, 0.6) is 0 Å². The van der Waals surface area contributed by atoms with E-state index >= 15 is 0 Å². The van der Waals surface area contributed by atoms with Crippen LogP contribution in [-0.2, 0) is 14.3 Å². The van der Waals surface area contributed by atoms with Gasteiger partial charge < -0.3 is 20.3 Å². The molecule has 0 rings (SSSR count). The summed E-state index contributed by atoms with van der Waals surface area (Å²) in [5.41, 5.74) is 0. The molecule has 0 aliphatic heterocycles. The van der Waals surface area contributed by atoms with E-state index in [0.717, 1.165) is 70.6 Å². The monoisotopic (exact) mass is 936 g/mol. The molecule has 0 aliphatic rings. The van der Waals surface area contributed by atoms with E-state index < -0.39 is 18.2 Å². The lowest BCUT2D eigenvalue weighted by Gasteiger charge is -2.24. The van der Waals surface area contributed by atoms with Gasteiger partial charge in [-0.1, -0.05) is 293 Å². The zero-order valence-corrected chi connectivity index (χ0v) is 44.3. The summed E-state index contributed by atoms with van der Waals surface area (Å²) < 4.78 is 5.94. The number of esters is 1. The van der Waals surface area contributed by atoms with Gasteiger partial charge in [-0.05, 0) is 44.9 Å². The van der Waals surface area contributed by atoms with Crippen LogP contribution in [0.25, 0.3) is 0 Å². The van der Waals surface area contributed by atoms with E-state index in [1.807, 2.05) is 48.6 Å². The molecule has 0 bridgehead atoms. The van der Waals surface area contributed by atoms with Crippen molar-refractivity contribution in [2.24, 2.45) is 0 Å². The number of nitrogens with one attached hydrogen (secondary N) is 1. The Hall–Kier alpha value is -2.70. The average Bonchev–Trinajstić information content (AvgIpc) is 3.32. The predicted molar refractivity (Wildman–Crippen MR) is 291 cm³/mol. The van der Waals surface area contributed by atoms with Gasteiger partial charge in [-0.2, -0.15) is 0 Å². The molecule has 0 radical (unpaired) electrons. The highest BCUT2D eigenvalue weighted by molar-refractivity contribution is 5.77. The third-order valence-corrected chi connectivity index (χ3v) is 13.0. The molecule has 0 saturated heterocycles. The van der Waals surface area contributed by atoms with E-state index in [2.05, 4.69) is 50.4 Å². The van der Waals surface area contributed by atoms with Crippen LogP contribution in [0, 0.1) is 0 Å². The average molecular weight is 937 g/mol. The minimum atomic E-state index is -0.798. The number of ether oxygens (including phenoxy) is 1. The van der Waals surface area contributed by atoms with Gasteiger partial charge in [0.2, 0.25) is 5.91 Å². The number of carbonyl (C=O) groups is 2. The molecule has 3 atom stereocenters. The minimum Gasteiger partial charge on any atom is -0.462 e. The largest absolute Gasteiger partial charge is 0.462 e. The van der Waals surface area contributed by atoms with Gasteiger partial charge in [-0.3, -0.25) is 9.59 Å².